The minimum Gasteiger partial charge on any atom is -0.271 e. The van der Waals surface area contributed by atoms with Crippen molar-refractivity contribution in [1.29, 1.82) is 0 Å². The molecule has 1 atom stereocenters. The van der Waals surface area contributed by atoms with Gasteiger partial charge in [-0.1, -0.05) is 29.8 Å². The number of thiophene rings is 1. The second-order valence-electron chi connectivity index (χ2n) is 3.17. The molecular formula is C11H11ClN2S. The summed E-state index contributed by atoms with van der Waals surface area (Å²) in [4.78, 5) is 1.19. The highest BCUT2D eigenvalue weighted by molar-refractivity contribution is 7.10. The van der Waals surface area contributed by atoms with E-state index in [0.717, 1.165) is 10.6 Å². The molecule has 2 nitrogen and oxygen atoms in total. The first-order valence-corrected chi connectivity index (χ1v) is 5.82. The van der Waals surface area contributed by atoms with Gasteiger partial charge < -0.3 is 0 Å². The van der Waals surface area contributed by atoms with Gasteiger partial charge in [0.05, 0.1) is 6.04 Å². The maximum atomic E-state index is 5.84. The van der Waals surface area contributed by atoms with Crippen LogP contribution in [-0.4, -0.2) is 0 Å². The highest BCUT2D eigenvalue weighted by atomic mass is 35.5. The molecule has 2 aromatic rings. The normalized spacial score (nSPS) is 12.7. The molecule has 1 unspecified atom stereocenters. The Morgan fingerprint density at radius 2 is 1.93 bits per heavy atom. The number of hydrogen-bond donors (Lipinski definition) is 2. The van der Waals surface area contributed by atoms with Gasteiger partial charge in [0.1, 0.15) is 0 Å². The zero-order valence-electron chi connectivity index (χ0n) is 7.98. The number of halogens is 1. The largest absolute Gasteiger partial charge is 0.271 e. The minimum atomic E-state index is 0.0438. The molecule has 0 spiro atoms. The lowest BCUT2D eigenvalue weighted by Crippen LogP contribution is -2.28. The standard InChI is InChI=1S/C11H11ClN2S/c12-9-5-3-8(4-6-9)11(14-13)10-2-1-7-15-10/h1-7,11,14H,13H2. The molecule has 0 saturated carbocycles. The Balaban J connectivity index is 2.31. The van der Waals surface area contributed by atoms with Gasteiger partial charge in [-0.2, -0.15) is 0 Å². The molecule has 0 fully saturated rings. The van der Waals surface area contributed by atoms with E-state index in [0.29, 0.717) is 0 Å². The van der Waals surface area contributed by atoms with E-state index < -0.39 is 0 Å². The molecule has 0 aliphatic heterocycles. The first kappa shape index (κ1) is 10.6. The molecule has 1 aromatic carbocycles. The highest BCUT2D eigenvalue weighted by Crippen LogP contribution is 2.25. The quantitative estimate of drug-likeness (QED) is 0.637. The van der Waals surface area contributed by atoms with Crippen LogP contribution in [-0.2, 0) is 0 Å². The number of benzene rings is 1. The van der Waals surface area contributed by atoms with Crippen LogP contribution in [0.15, 0.2) is 41.8 Å². The molecule has 0 radical (unpaired) electrons. The van der Waals surface area contributed by atoms with Crippen LogP contribution >= 0.6 is 22.9 Å². The molecule has 15 heavy (non-hydrogen) atoms. The lowest BCUT2D eigenvalue weighted by atomic mass is 10.1. The zero-order chi connectivity index (χ0) is 10.7. The Morgan fingerprint density at radius 1 is 1.20 bits per heavy atom. The van der Waals surface area contributed by atoms with Gasteiger partial charge in [0, 0.05) is 9.90 Å². The summed E-state index contributed by atoms with van der Waals surface area (Å²) >= 11 is 7.51. The Labute approximate surface area is 97.7 Å². The topological polar surface area (TPSA) is 38.0 Å². The molecule has 0 bridgehead atoms. The van der Waals surface area contributed by atoms with Crippen LogP contribution in [0.2, 0.25) is 5.02 Å². The lowest BCUT2D eigenvalue weighted by Gasteiger charge is -2.14. The van der Waals surface area contributed by atoms with Crippen molar-refractivity contribution < 1.29 is 0 Å². The molecule has 3 N–H and O–H groups in total. The monoisotopic (exact) mass is 238 g/mol. The van der Waals surface area contributed by atoms with Crippen LogP contribution in [0.1, 0.15) is 16.5 Å². The summed E-state index contributed by atoms with van der Waals surface area (Å²) in [6, 6.07) is 11.8. The van der Waals surface area contributed by atoms with Gasteiger partial charge in [0.15, 0.2) is 0 Å². The SMILES string of the molecule is NNC(c1ccc(Cl)cc1)c1cccs1. The molecule has 0 saturated heterocycles. The van der Waals surface area contributed by atoms with E-state index in [1.807, 2.05) is 35.7 Å². The molecule has 4 heteroatoms. The van der Waals surface area contributed by atoms with Gasteiger partial charge in [-0.05, 0) is 29.1 Å². The van der Waals surface area contributed by atoms with Crippen LogP contribution in [0.5, 0.6) is 0 Å². The smallest absolute Gasteiger partial charge is 0.0802 e. The van der Waals surface area contributed by atoms with Crippen molar-refractivity contribution in [3.63, 3.8) is 0 Å². The van der Waals surface area contributed by atoms with Gasteiger partial charge in [-0.3, -0.25) is 5.84 Å². The maximum Gasteiger partial charge on any atom is 0.0802 e. The molecule has 0 aliphatic carbocycles. The maximum absolute atomic E-state index is 5.84. The van der Waals surface area contributed by atoms with Crippen LogP contribution in [0, 0.1) is 0 Å². The predicted molar refractivity (Wildman–Crippen MR) is 64.9 cm³/mol. The van der Waals surface area contributed by atoms with Gasteiger partial charge in [-0.25, -0.2) is 5.43 Å². The molecular weight excluding hydrogens is 228 g/mol. The van der Waals surface area contributed by atoms with Gasteiger partial charge in [0.25, 0.3) is 0 Å². The lowest BCUT2D eigenvalue weighted by molar-refractivity contribution is 0.646. The average Bonchev–Trinajstić information content (AvgIpc) is 2.75. The Bertz CT molecular complexity index is 411. The van der Waals surface area contributed by atoms with Gasteiger partial charge in [-0.15, -0.1) is 11.3 Å². The summed E-state index contributed by atoms with van der Waals surface area (Å²) < 4.78 is 0. The summed E-state index contributed by atoms with van der Waals surface area (Å²) in [5.41, 5.74) is 3.92. The molecule has 1 aromatic heterocycles. The number of nitrogens with two attached hydrogens (primary N) is 1. The first-order valence-electron chi connectivity index (χ1n) is 4.56. The van der Waals surface area contributed by atoms with Crippen molar-refractivity contribution in [3.05, 3.63) is 57.2 Å². The molecule has 78 valence electrons. The van der Waals surface area contributed by atoms with E-state index in [1.165, 1.54) is 4.88 Å². The summed E-state index contributed by atoms with van der Waals surface area (Å²) in [7, 11) is 0. The average molecular weight is 239 g/mol. The number of hydrazine groups is 1. The Kier molecular flexibility index (Phi) is 3.38. The first-order chi connectivity index (χ1) is 7.31. The van der Waals surface area contributed by atoms with Crippen molar-refractivity contribution in [1.82, 2.24) is 5.43 Å². The Hall–Kier alpha value is -0.870. The third-order valence-electron chi connectivity index (χ3n) is 2.20. The third-order valence-corrected chi connectivity index (χ3v) is 3.39. The van der Waals surface area contributed by atoms with Gasteiger partial charge >= 0.3 is 0 Å². The van der Waals surface area contributed by atoms with Crippen molar-refractivity contribution in [2.24, 2.45) is 5.84 Å². The minimum absolute atomic E-state index is 0.0438. The van der Waals surface area contributed by atoms with Crippen molar-refractivity contribution in [2.45, 2.75) is 6.04 Å². The van der Waals surface area contributed by atoms with Crippen LogP contribution in [0.4, 0.5) is 0 Å². The molecule has 1 heterocycles. The van der Waals surface area contributed by atoms with Crippen molar-refractivity contribution in [2.75, 3.05) is 0 Å². The summed E-state index contributed by atoms with van der Waals surface area (Å²) in [5.74, 6) is 5.56. The van der Waals surface area contributed by atoms with Crippen molar-refractivity contribution >= 4 is 22.9 Å². The second-order valence-corrected chi connectivity index (χ2v) is 4.58. The highest BCUT2D eigenvalue weighted by Gasteiger charge is 2.12. The summed E-state index contributed by atoms with van der Waals surface area (Å²) in [6.45, 7) is 0. The zero-order valence-corrected chi connectivity index (χ0v) is 9.55. The van der Waals surface area contributed by atoms with E-state index >= 15 is 0 Å². The summed E-state index contributed by atoms with van der Waals surface area (Å²) in [6.07, 6.45) is 0. The predicted octanol–water partition coefficient (Wildman–Crippen LogP) is 2.95. The van der Waals surface area contributed by atoms with E-state index in [9.17, 15) is 0 Å². The Morgan fingerprint density at radius 3 is 2.47 bits per heavy atom. The number of hydrogen-bond acceptors (Lipinski definition) is 3. The van der Waals surface area contributed by atoms with E-state index in [1.54, 1.807) is 11.3 Å². The molecule has 0 amide bonds. The van der Waals surface area contributed by atoms with Crippen LogP contribution in [0.25, 0.3) is 0 Å². The van der Waals surface area contributed by atoms with Gasteiger partial charge in [0.2, 0.25) is 0 Å². The number of rotatable bonds is 3. The van der Waals surface area contributed by atoms with Crippen LogP contribution < -0.4 is 11.3 Å². The fourth-order valence-corrected chi connectivity index (χ4v) is 2.39. The fourth-order valence-electron chi connectivity index (χ4n) is 1.45. The third kappa shape index (κ3) is 2.38. The fraction of sp³-hybridized carbons (Fsp3) is 0.0909. The van der Waals surface area contributed by atoms with E-state index in [4.69, 9.17) is 17.4 Å². The van der Waals surface area contributed by atoms with E-state index in [2.05, 4.69) is 11.5 Å². The van der Waals surface area contributed by atoms with Crippen molar-refractivity contribution in [3.8, 4) is 0 Å². The second kappa shape index (κ2) is 4.77. The van der Waals surface area contributed by atoms with E-state index in [-0.39, 0.29) is 6.04 Å². The molecule has 2 rings (SSSR count). The number of nitrogens with one attached hydrogen (secondary N) is 1. The van der Waals surface area contributed by atoms with Crippen LogP contribution in [0.3, 0.4) is 0 Å². The molecule has 0 aliphatic rings. The summed E-state index contributed by atoms with van der Waals surface area (Å²) in [5, 5.41) is 2.77.